The van der Waals surface area contributed by atoms with E-state index in [4.69, 9.17) is 20.8 Å². The van der Waals surface area contributed by atoms with Crippen LogP contribution in [0.2, 0.25) is 5.02 Å². The normalized spacial score (nSPS) is 17.1. The predicted molar refractivity (Wildman–Crippen MR) is 113 cm³/mol. The third kappa shape index (κ3) is 5.27. The van der Waals surface area contributed by atoms with E-state index in [9.17, 15) is 9.18 Å². The number of amides is 1. The number of hydrogen-bond acceptors (Lipinski definition) is 4. The zero-order valence-corrected chi connectivity index (χ0v) is 17.1. The molecule has 156 valence electrons. The van der Waals surface area contributed by atoms with Gasteiger partial charge in [-0.1, -0.05) is 23.7 Å². The lowest BCUT2D eigenvalue weighted by molar-refractivity contribution is -0.124. The highest BCUT2D eigenvalue weighted by molar-refractivity contribution is 6.30. The third-order valence-electron chi connectivity index (χ3n) is 5.01. The number of morpholine rings is 1. The third-order valence-corrected chi connectivity index (χ3v) is 5.26. The van der Waals surface area contributed by atoms with E-state index in [1.54, 1.807) is 12.1 Å². The van der Waals surface area contributed by atoms with Crippen LogP contribution in [0.5, 0.6) is 0 Å². The van der Waals surface area contributed by atoms with Crippen LogP contribution in [0.3, 0.4) is 0 Å². The highest BCUT2D eigenvalue weighted by Gasteiger charge is 2.23. The van der Waals surface area contributed by atoms with Crippen molar-refractivity contribution in [3.8, 4) is 11.3 Å². The molecule has 0 saturated carbocycles. The van der Waals surface area contributed by atoms with Gasteiger partial charge in [0, 0.05) is 23.7 Å². The van der Waals surface area contributed by atoms with Gasteiger partial charge in [-0.25, -0.2) is 4.39 Å². The molecule has 2 heterocycles. The van der Waals surface area contributed by atoms with E-state index < -0.39 is 0 Å². The molecule has 1 saturated heterocycles. The Morgan fingerprint density at radius 1 is 1.10 bits per heavy atom. The number of halogens is 2. The van der Waals surface area contributed by atoms with Crippen LogP contribution >= 0.6 is 11.6 Å². The molecule has 1 N–H and O–H groups in total. The number of nitrogens with one attached hydrogen (secondary N) is 1. The lowest BCUT2D eigenvalue weighted by Crippen LogP contribution is -2.44. The summed E-state index contributed by atoms with van der Waals surface area (Å²) in [4.78, 5) is 14.4. The van der Waals surface area contributed by atoms with Crippen LogP contribution in [0.25, 0.3) is 11.3 Å². The monoisotopic (exact) mass is 428 g/mol. The van der Waals surface area contributed by atoms with Gasteiger partial charge in [0.15, 0.2) is 0 Å². The Hall–Kier alpha value is -2.67. The first-order valence-corrected chi connectivity index (χ1v) is 10.2. The van der Waals surface area contributed by atoms with Crippen LogP contribution < -0.4 is 5.32 Å². The molecular weight excluding hydrogens is 407 g/mol. The van der Waals surface area contributed by atoms with Crippen LogP contribution in [-0.2, 0) is 16.1 Å². The Morgan fingerprint density at radius 2 is 1.87 bits per heavy atom. The summed E-state index contributed by atoms with van der Waals surface area (Å²) in [6, 6.07) is 17.4. The van der Waals surface area contributed by atoms with E-state index >= 15 is 0 Å². The molecule has 5 nitrogen and oxygen atoms in total. The van der Waals surface area contributed by atoms with Crippen molar-refractivity contribution in [2.24, 2.45) is 0 Å². The highest BCUT2D eigenvalue weighted by atomic mass is 35.5. The van der Waals surface area contributed by atoms with Gasteiger partial charge >= 0.3 is 0 Å². The van der Waals surface area contributed by atoms with Gasteiger partial charge in [-0.15, -0.1) is 0 Å². The molecule has 1 aromatic heterocycles. The first-order valence-electron chi connectivity index (χ1n) is 9.77. The fourth-order valence-electron chi connectivity index (χ4n) is 3.41. The second-order valence-electron chi connectivity index (χ2n) is 7.20. The van der Waals surface area contributed by atoms with Crippen molar-refractivity contribution < 1.29 is 18.3 Å². The number of hydrogen-bond donors (Lipinski definition) is 1. The van der Waals surface area contributed by atoms with E-state index in [0.717, 1.165) is 16.9 Å². The molecule has 1 fully saturated rings. The van der Waals surface area contributed by atoms with Gasteiger partial charge in [-0.2, -0.15) is 0 Å². The molecular formula is C23H22ClFN2O3. The van der Waals surface area contributed by atoms with Gasteiger partial charge < -0.3 is 14.5 Å². The van der Waals surface area contributed by atoms with Gasteiger partial charge in [0.25, 0.3) is 0 Å². The van der Waals surface area contributed by atoms with E-state index in [1.807, 2.05) is 41.3 Å². The van der Waals surface area contributed by atoms with Crippen LogP contribution in [0, 0.1) is 5.82 Å². The Kier molecular flexibility index (Phi) is 6.47. The molecule has 3 aromatic rings. The van der Waals surface area contributed by atoms with Gasteiger partial charge in [0.1, 0.15) is 17.3 Å². The van der Waals surface area contributed by atoms with Crippen LogP contribution in [0.15, 0.2) is 65.1 Å². The smallest absolute Gasteiger partial charge is 0.234 e. The Morgan fingerprint density at radius 3 is 2.63 bits per heavy atom. The average molecular weight is 429 g/mol. The summed E-state index contributed by atoms with van der Waals surface area (Å²) in [5.74, 6) is 1.05. The van der Waals surface area contributed by atoms with Crippen LogP contribution in [-0.4, -0.2) is 37.0 Å². The summed E-state index contributed by atoms with van der Waals surface area (Å²) < 4.78 is 24.7. The first kappa shape index (κ1) is 20.6. The quantitative estimate of drug-likeness (QED) is 0.631. The lowest BCUT2D eigenvalue weighted by Gasteiger charge is -2.32. The van der Waals surface area contributed by atoms with Gasteiger partial charge in [0.2, 0.25) is 5.91 Å². The van der Waals surface area contributed by atoms with E-state index in [0.29, 0.717) is 37.0 Å². The second kappa shape index (κ2) is 9.43. The van der Waals surface area contributed by atoms with Crippen molar-refractivity contribution in [2.45, 2.75) is 12.6 Å². The topological polar surface area (TPSA) is 54.7 Å². The van der Waals surface area contributed by atoms with Crippen molar-refractivity contribution >= 4 is 17.5 Å². The summed E-state index contributed by atoms with van der Waals surface area (Å²) in [5.41, 5.74) is 1.84. The SMILES string of the molecule is O=C(CN1CCOC(c2ccc(F)cc2)C1)NCc1ccc(-c2ccc(Cl)cc2)o1. The van der Waals surface area contributed by atoms with Gasteiger partial charge in [-0.05, 0) is 54.1 Å². The maximum Gasteiger partial charge on any atom is 0.234 e. The number of benzene rings is 2. The second-order valence-corrected chi connectivity index (χ2v) is 7.63. The molecule has 1 unspecified atom stereocenters. The molecule has 1 aliphatic heterocycles. The maximum absolute atomic E-state index is 13.1. The van der Waals surface area contributed by atoms with Crippen LogP contribution in [0.1, 0.15) is 17.4 Å². The Bertz CT molecular complexity index is 988. The predicted octanol–water partition coefficient (Wildman–Crippen LogP) is 4.43. The summed E-state index contributed by atoms with van der Waals surface area (Å²) in [5, 5.41) is 3.57. The fraction of sp³-hybridized carbons (Fsp3) is 0.261. The Labute approximate surface area is 179 Å². The van der Waals surface area contributed by atoms with Crippen LogP contribution in [0.4, 0.5) is 4.39 Å². The van der Waals surface area contributed by atoms with Crippen molar-refractivity contribution in [1.82, 2.24) is 10.2 Å². The zero-order valence-electron chi connectivity index (χ0n) is 16.3. The number of furan rings is 1. The van der Waals surface area contributed by atoms with Crippen molar-refractivity contribution in [2.75, 3.05) is 26.2 Å². The van der Waals surface area contributed by atoms with Gasteiger partial charge in [-0.3, -0.25) is 9.69 Å². The number of nitrogens with zero attached hydrogens (tertiary/aromatic N) is 1. The Balaban J connectivity index is 1.27. The van der Waals surface area contributed by atoms with E-state index in [-0.39, 0.29) is 24.4 Å². The molecule has 0 aliphatic carbocycles. The molecule has 7 heteroatoms. The molecule has 30 heavy (non-hydrogen) atoms. The molecule has 1 aliphatic rings. The lowest BCUT2D eigenvalue weighted by atomic mass is 10.1. The van der Waals surface area contributed by atoms with E-state index in [1.165, 1.54) is 12.1 Å². The number of ether oxygens (including phenoxy) is 1. The molecule has 0 radical (unpaired) electrons. The summed E-state index contributed by atoms with van der Waals surface area (Å²) in [6.45, 7) is 2.37. The summed E-state index contributed by atoms with van der Waals surface area (Å²) in [7, 11) is 0. The minimum atomic E-state index is -0.275. The molecule has 1 atom stereocenters. The standard InChI is InChI=1S/C23H22ClFN2O3/c24-18-5-1-16(2-6-18)21-10-9-20(30-21)13-26-23(28)15-27-11-12-29-22(14-27)17-3-7-19(25)8-4-17/h1-10,22H,11-15H2,(H,26,28). The van der Waals surface area contributed by atoms with Crippen molar-refractivity contribution in [3.05, 3.63) is 82.8 Å². The summed E-state index contributed by atoms with van der Waals surface area (Å²) >= 11 is 5.91. The zero-order chi connectivity index (χ0) is 20.9. The maximum atomic E-state index is 13.1. The average Bonchev–Trinajstić information content (AvgIpc) is 3.23. The number of rotatable bonds is 6. The van der Waals surface area contributed by atoms with Crippen molar-refractivity contribution in [3.63, 3.8) is 0 Å². The minimum Gasteiger partial charge on any atom is -0.459 e. The fourth-order valence-corrected chi connectivity index (χ4v) is 3.54. The first-order chi connectivity index (χ1) is 14.6. The minimum absolute atomic E-state index is 0.0841. The van der Waals surface area contributed by atoms with E-state index in [2.05, 4.69) is 5.32 Å². The van der Waals surface area contributed by atoms with Gasteiger partial charge in [0.05, 0.1) is 25.8 Å². The molecule has 4 rings (SSSR count). The molecule has 1 amide bonds. The number of carbonyl (C=O) groups is 1. The number of carbonyl (C=O) groups excluding carboxylic acids is 1. The molecule has 2 aromatic carbocycles. The highest BCUT2D eigenvalue weighted by Crippen LogP contribution is 2.24. The largest absolute Gasteiger partial charge is 0.459 e. The molecule has 0 bridgehead atoms. The summed E-state index contributed by atoms with van der Waals surface area (Å²) in [6.07, 6.45) is -0.167. The van der Waals surface area contributed by atoms with Crippen molar-refractivity contribution in [1.29, 1.82) is 0 Å². The molecule has 0 spiro atoms.